The van der Waals surface area contributed by atoms with Crippen LogP contribution < -0.4 is 20.1 Å². The average Bonchev–Trinajstić information content (AvgIpc) is 3.21. The highest BCUT2D eigenvalue weighted by atomic mass is 16.5. The van der Waals surface area contributed by atoms with Crippen molar-refractivity contribution in [3.8, 4) is 11.5 Å². The van der Waals surface area contributed by atoms with Gasteiger partial charge in [-0.15, -0.1) is 0 Å². The minimum atomic E-state index is 0.623. The molecule has 0 radical (unpaired) electrons. The molecule has 2 rings (SSSR count). The first-order valence-electron chi connectivity index (χ1n) is 10.1. The summed E-state index contributed by atoms with van der Waals surface area (Å²) in [5.41, 5.74) is 1.20. The lowest BCUT2D eigenvalue weighted by Crippen LogP contribution is -2.38. The molecule has 0 spiro atoms. The first kappa shape index (κ1) is 21.6. The van der Waals surface area contributed by atoms with E-state index in [1.807, 2.05) is 32.4 Å². The maximum Gasteiger partial charge on any atom is 0.191 e. The molecule has 0 unspecified atom stereocenters. The lowest BCUT2D eigenvalue weighted by Gasteiger charge is -2.14. The molecule has 0 aliphatic rings. The molecular formula is C21H33N5O2. The lowest BCUT2D eigenvalue weighted by atomic mass is 10.1. The van der Waals surface area contributed by atoms with Crippen molar-refractivity contribution in [1.29, 1.82) is 0 Å². The van der Waals surface area contributed by atoms with Crippen LogP contribution in [0.1, 0.15) is 32.8 Å². The van der Waals surface area contributed by atoms with Gasteiger partial charge in [0.1, 0.15) is 0 Å². The zero-order valence-electron chi connectivity index (χ0n) is 17.3. The fraction of sp³-hybridized carbons (Fsp3) is 0.524. The first-order valence-corrected chi connectivity index (χ1v) is 10.1. The lowest BCUT2D eigenvalue weighted by molar-refractivity contribution is 0.287. The fourth-order valence-electron chi connectivity index (χ4n) is 2.78. The summed E-state index contributed by atoms with van der Waals surface area (Å²) >= 11 is 0. The molecule has 1 aromatic heterocycles. The van der Waals surface area contributed by atoms with Gasteiger partial charge in [0.2, 0.25) is 0 Å². The number of ether oxygens (including phenoxy) is 2. The smallest absolute Gasteiger partial charge is 0.191 e. The molecule has 28 heavy (non-hydrogen) atoms. The van der Waals surface area contributed by atoms with Gasteiger partial charge in [0.15, 0.2) is 17.5 Å². The Morgan fingerprint density at radius 3 is 2.64 bits per heavy atom. The average molecular weight is 388 g/mol. The number of hydrogen-bond acceptors (Lipinski definition) is 4. The molecule has 0 fully saturated rings. The molecule has 2 aromatic rings. The quantitative estimate of drug-likeness (QED) is 0.333. The van der Waals surface area contributed by atoms with Gasteiger partial charge in [-0.25, -0.2) is 4.98 Å². The Labute approximate surface area is 168 Å². The predicted molar refractivity (Wildman–Crippen MR) is 113 cm³/mol. The van der Waals surface area contributed by atoms with Crippen molar-refractivity contribution in [1.82, 2.24) is 20.2 Å². The summed E-state index contributed by atoms with van der Waals surface area (Å²) in [5.74, 6) is 2.46. The van der Waals surface area contributed by atoms with Crippen molar-refractivity contribution < 1.29 is 9.47 Å². The SMILES string of the molecule is CCNC(=NCCCn1ccnc1)NCCc1ccc(OCC)c(OCC)c1. The summed E-state index contributed by atoms with van der Waals surface area (Å²) in [4.78, 5) is 8.70. The number of rotatable bonds is 12. The van der Waals surface area contributed by atoms with Gasteiger partial charge in [0.05, 0.1) is 19.5 Å². The van der Waals surface area contributed by atoms with E-state index in [1.165, 1.54) is 5.56 Å². The largest absolute Gasteiger partial charge is 0.490 e. The summed E-state index contributed by atoms with van der Waals surface area (Å²) in [7, 11) is 0. The van der Waals surface area contributed by atoms with Crippen LogP contribution in [0, 0.1) is 0 Å². The third-order valence-corrected chi connectivity index (χ3v) is 4.06. The minimum Gasteiger partial charge on any atom is -0.490 e. The van der Waals surface area contributed by atoms with Crippen molar-refractivity contribution >= 4 is 5.96 Å². The molecule has 7 heteroatoms. The third-order valence-electron chi connectivity index (χ3n) is 4.06. The van der Waals surface area contributed by atoms with Crippen LogP contribution in [0.3, 0.4) is 0 Å². The number of benzene rings is 1. The van der Waals surface area contributed by atoms with Gasteiger partial charge in [0.25, 0.3) is 0 Å². The summed E-state index contributed by atoms with van der Waals surface area (Å²) in [6.07, 6.45) is 7.46. The molecule has 2 N–H and O–H groups in total. The maximum absolute atomic E-state index is 5.70. The number of hydrogen-bond donors (Lipinski definition) is 2. The highest BCUT2D eigenvalue weighted by Gasteiger charge is 2.06. The molecule has 154 valence electrons. The highest BCUT2D eigenvalue weighted by molar-refractivity contribution is 5.79. The van der Waals surface area contributed by atoms with Crippen LogP contribution in [0.25, 0.3) is 0 Å². The Hall–Kier alpha value is -2.70. The Morgan fingerprint density at radius 1 is 1.11 bits per heavy atom. The van der Waals surface area contributed by atoms with Crippen LogP contribution in [0.15, 0.2) is 41.9 Å². The first-order chi connectivity index (χ1) is 13.8. The van der Waals surface area contributed by atoms with E-state index in [0.29, 0.717) is 13.2 Å². The van der Waals surface area contributed by atoms with Gasteiger partial charge >= 0.3 is 0 Å². The molecule has 1 heterocycles. The second-order valence-electron chi connectivity index (χ2n) is 6.24. The number of nitrogens with zero attached hydrogens (tertiary/aromatic N) is 3. The van der Waals surface area contributed by atoms with E-state index in [4.69, 9.17) is 9.47 Å². The second-order valence-corrected chi connectivity index (χ2v) is 6.24. The molecular weight excluding hydrogens is 354 g/mol. The zero-order valence-corrected chi connectivity index (χ0v) is 17.3. The molecule has 0 saturated heterocycles. The molecule has 0 amide bonds. The van der Waals surface area contributed by atoms with Crippen molar-refractivity contribution in [3.63, 3.8) is 0 Å². The Morgan fingerprint density at radius 2 is 1.93 bits per heavy atom. The topological polar surface area (TPSA) is 72.7 Å². The number of aryl methyl sites for hydroxylation is 1. The zero-order chi connectivity index (χ0) is 20.0. The standard InChI is InChI=1S/C21H33N5O2/c1-4-23-21(24-11-7-14-26-15-13-22-17-26)25-12-10-18-8-9-19(27-5-2)20(16-18)28-6-3/h8-9,13,15-17H,4-7,10-12,14H2,1-3H3,(H2,23,24,25). The number of aromatic nitrogens is 2. The van der Waals surface area contributed by atoms with E-state index in [1.54, 1.807) is 6.20 Å². The highest BCUT2D eigenvalue weighted by Crippen LogP contribution is 2.28. The number of imidazole rings is 1. The summed E-state index contributed by atoms with van der Waals surface area (Å²) in [5, 5.41) is 6.70. The maximum atomic E-state index is 5.70. The van der Waals surface area contributed by atoms with Crippen LogP contribution in [0.2, 0.25) is 0 Å². The Kier molecular flexibility index (Phi) is 9.75. The molecule has 0 aliphatic heterocycles. The van der Waals surface area contributed by atoms with Gasteiger partial charge in [-0.2, -0.15) is 0 Å². The summed E-state index contributed by atoms with van der Waals surface area (Å²) in [6, 6.07) is 6.13. The third kappa shape index (κ3) is 7.50. The summed E-state index contributed by atoms with van der Waals surface area (Å²) < 4.78 is 13.4. The normalized spacial score (nSPS) is 11.3. The van der Waals surface area contributed by atoms with Gasteiger partial charge in [-0.1, -0.05) is 6.07 Å². The van der Waals surface area contributed by atoms with Crippen LogP contribution in [-0.2, 0) is 13.0 Å². The molecule has 1 aromatic carbocycles. The van der Waals surface area contributed by atoms with Crippen LogP contribution >= 0.6 is 0 Å². The predicted octanol–water partition coefficient (Wildman–Crippen LogP) is 2.87. The van der Waals surface area contributed by atoms with Crippen LogP contribution in [-0.4, -0.2) is 48.4 Å². The van der Waals surface area contributed by atoms with Crippen molar-refractivity contribution in [2.75, 3.05) is 32.8 Å². The van der Waals surface area contributed by atoms with Crippen LogP contribution in [0.4, 0.5) is 0 Å². The monoisotopic (exact) mass is 387 g/mol. The van der Waals surface area contributed by atoms with Gasteiger partial charge in [-0.05, 0) is 51.3 Å². The molecule has 0 atom stereocenters. The number of guanidine groups is 1. The van der Waals surface area contributed by atoms with E-state index in [0.717, 1.165) is 56.5 Å². The van der Waals surface area contributed by atoms with E-state index in [9.17, 15) is 0 Å². The van der Waals surface area contributed by atoms with Gasteiger partial charge in [-0.3, -0.25) is 4.99 Å². The van der Waals surface area contributed by atoms with Crippen molar-refractivity contribution in [2.45, 2.75) is 40.2 Å². The van der Waals surface area contributed by atoms with E-state index >= 15 is 0 Å². The van der Waals surface area contributed by atoms with E-state index in [2.05, 4.69) is 44.2 Å². The summed E-state index contributed by atoms with van der Waals surface area (Å²) in [6.45, 7) is 10.6. The van der Waals surface area contributed by atoms with Crippen LogP contribution in [0.5, 0.6) is 11.5 Å². The fourth-order valence-corrected chi connectivity index (χ4v) is 2.78. The molecule has 0 bridgehead atoms. The number of aliphatic imine (C=N–C) groups is 1. The molecule has 7 nitrogen and oxygen atoms in total. The second kappa shape index (κ2) is 12.6. The molecule has 0 aliphatic carbocycles. The number of nitrogens with one attached hydrogen (secondary N) is 2. The Bertz CT molecular complexity index is 701. The van der Waals surface area contributed by atoms with E-state index < -0.39 is 0 Å². The van der Waals surface area contributed by atoms with E-state index in [-0.39, 0.29) is 0 Å². The van der Waals surface area contributed by atoms with Gasteiger partial charge in [0, 0.05) is 38.6 Å². The Balaban J connectivity index is 1.82. The minimum absolute atomic E-state index is 0.623. The van der Waals surface area contributed by atoms with Gasteiger partial charge < -0.3 is 24.7 Å². The molecule has 0 saturated carbocycles. The van der Waals surface area contributed by atoms with Crippen molar-refractivity contribution in [2.24, 2.45) is 4.99 Å². The van der Waals surface area contributed by atoms with Crippen molar-refractivity contribution in [3.05, 3.63) is 42.5 Å².